The molecule has 6 heteroatoms. The van der Waals surface area contributed by atoms with Gasteiger partial charge in [0.25, 0.3) is 0 Å². The SMILES string of the molecule is CNC(=O)C1CCCN(c2ccc(C#N)c(F)c2F)C1. The van der Waals surface area contributed by atoms with Crippen LogP contribution in [0, 0.1) is 28.9 Å². The van der Waals surface area contributed by atoms with Gasteiger partial charge < -0.3 is 10.2 Å². The van der Waals surface area contributed by atoms with Gasteiger partial charge in [0.05, 0.1) is 17.2 Å². The van der Waals surface area contributed by atoms with E-state index in [9.17, 15) is 13.6 Å². The lowest BCUT2D eigenvalue weighted by atomic mass is 9.96. The molecule has 1 amide bonds. The monoisotopic (exact) mass is 279 g/mol. The molecule has 0 aromatic heterocycles. The molecule has 4 nitrogen and oxygen atoms in total. The minimum atomic E-state index is -1.13. The summed E-state index contributed by atoms with van der Waals surface area (Å²) in [6.45, 7) is 0.914. The maximum atomic E-state index is 14.0. The van der Waals surface area contributed by atoms with Crippen molar-refractivity contribution in [1.82, 2.24) is 5.32 Å². The standard InChI is InChI=1S/C14H15F2N3O/c1-18-14(20)10-3-2-6-19(8-10)11-5-4-9(7-17)12(15)13(11)16/h4-5,10H,2-3,6,8H2,1H3,(H,18,20). The van der Waals surface area contributed by atoms with E-state index < -0.39 is 11.6 Å². The first-order valence-corrected chi connectivity index (χ1v) is 6.43. The Bertz CT molecular complexity index is 568. The van der Waals surface area contributed by atoms with Crippen molar-refractivity contribution in [3.63, 3.8) is 0 Å². The Kier molecular flexibility index (Phi) is 4.18. The lowest BCUT2D eigenvalue weighted by Crippen LogP contribution is -2.42. The van der Waals surface area contributed by atoms with E-state index in [1.807, 2.05) is 0 Å². The Labute approximate surface area is 116 Å². The fourth-order valence-corrected chi connectivity index (χ4v) is 2.48. The van der Waals surface area contributed by atoms with Gasteiger partial charge in [-0.1, -0.05) is 0 Å². The van der Waals surface area contributed by atoms with Crippen LogP contribution in [0.5, 0.6) is 0 Å². The molecule has 20 heavy (non-hydrogen) atoms. The quantitative estimate of drug-likeness (QED) is 0.898. The number of nitriles is 1. The average molecular weight is 279 g/mol. The first kappa shape index (κ1) is 14.3. The van der Waals surface area contributed by atoms with Crippen molar-refractivity contribution in [2.24, 2.45) is 5.92 Å². The third kappa shape index (κ3) is 2.57. The summed E-state index contributed by atoms with van der Waals surface area (Å²) in [6.07, 6.45) is 1.47. The Morgan fingerprint density at radius 2 is 2.20 bits per heavy atom. The number of nitrogens with one attached hydrogen (secondary N) is 1. The highest BCUT2D eigenvalue weighted by molar-refractivity contribution is 5.79. The number of rotatable bonds is 2. The molecule has 1 unspecified atom stereocenters. The van der Waals surface area contributed by atoms with E-state index in [0.29, 0.717) is 13.1 Å². The molecule has 0 bridgehead atoms. The van der Waals surface area contributed by atoms with Gasteiger partial charge in [0.2, 0.25) is 5.91 Å². The van der Waals surface area contributed by atoms with Crippen LogP contribution in [0.2, 0.25) is 0 Å². The third-order valence-electron chi connectivity index (χ3n) is 3.56. The average Bonchev–Trinajstić information content (AvgIpc) is 2.49. The summed E-state index contributed by atoms with van der Waals surface area (Å²) in [5.41, 5.74) is -0.207. The van der Waals surface area contributed by atoms with E-state index in [4.69, 9.17) is 5.26 Å². The lowest BCUT2D eigenvalue weighted by molar-refractivity contribution is -0.124. The van der Waals surface area contributed by atoms with Crippen molar-refractivity contribution in [2.45, 2.75) is 12.8 Å². The fourth-order valence-electron chi connectivity index (χ4n) is 2.48. The van der Waals surface area contributed by atoms with Crippen molar-refractivity contribution in [2.75, 3.05) is 25.0 Å². The second-order valence-electron chi connectivity index (χ2n) is 4.77. The molecule has 0 aliphatic carbocycles. The largest absolute Gasteiger partial charge is 0.368 e. The highest BCUT2D eigenvalue weighted by Gasteiger charge is 2.27. The van der Waals surface area contributed by atoms with E-state index in [0.717, 1.165) is 12.8 Å². The van der Waals surface area contributed by atoms with E-state index in [1.54, 1.807) is 18.0 Å². The molecule has 0 radical (unpaired) electrons. The second-order valence-corrected chi connectivity index (χ2v) is 4.77. The molecular formula is C14H15F2N3O. The maximum absolute atomic E-state index is 14.0. The number of halogens is 2. The van der Waals surface area contributed by atoms with E-state index in [2.05, 4.69) is 5.32 Å². The molecule has 1 aromatic carbocycles. The van der Waals surface area contributed by atoms with Crippen LogP contribution in [0.25, 0.3) is 0 Å². The van der Waals surface area contributed by atoms with Crippen LogP contribution in [0.3, 0.4) is 0 Å². The summed E-state index contributed by atoms with van der Waals surface area (Å²) in [6, 6.07) is 4.26. The minimum absolute atomic E-state index is 0.0933. The minimum Gasteiger partial charge on any atom is -0.368 e. The van der Waals surface area contributed by atoms with Crippen LogP contribution in [-0.4, -0.2) is 26.0 Å². The molecule has 0 spiro atoms. The zero-order chi connectivity index (χ0) is 14.7. The Balaban J connectivity index is 2.26. The van der Waals surface area contributed by atoms with Gasteiger partial charge >= 0.3 is 0 Å². The summed E-state index contributed by atoms with van der Waals surface area (Å²) in [5.74, 6) is -2.48. The number of carbonyl (C=O) groups is 1. The summed E-state index contributed by atoms with van der Waals surface area (Å²) in [4.78, 5) is 13.3. The van der Waals surface area contributed by atoms with Gasteiger partial charge in [-0.05, 0) is 25.0 Å². The van der Waals surface area contributed by atoms with Crippen molar-refractivity contribution in [3.8, 4) is 6.07 Å². The first-order valence-electron chi connectivity index (χ1n) is 6.43. The predicted octanol–water partition coefficient (Wildman–Crippen LogP) is 1.80. The van der Waals surface area contributed by atoms with Crippen LogP contribution in [0.1, 0.15) is 18.4 Å². The highest BCUT2D eigenvalue weighted by Crippen LogP contribution is 2.28. The normalized spacial score (nSPS) is 18.5. The van der Waals surface area contributed by atoms with Gasteiger partial charge in [0.1, 0.15) is 6.07 Å². The van der Waals surface area contributed by atoms with Crippen LogP contribution in [-0.2, 0) is 4.79 Å². The Morgan fingerprint density at radius 3 is 2.85 bits per heavy atom. The van der Waals surface area contributed by atoms with Crippen molar-refractivity contribution in [3.05, 3.63) is 29.3 Å². The molecule has 1 saturated heterocycles. The van der Waals surface area contributed by atoms with Crippen LogP contribution in [0.4, 0.5) is 14.5 Å². The molecule has 106 valence electrons. The molecule has 1 heterocycles. The molecule has 2 rings (SSSR count). The number of hydrogen-bond donors (Lipinski definition) is 1. The van der Waals surface area contributed by atoms with E-state index >= 15 is 0 Å². The molecule has 0 saturated carbocycles. The molecule has 1 atom stereocenters. The number of nitrogens with zero attached hydrogens (tertiary/aromatic N) is 2. The van der Waals surface area contributed by atoms with Gasteiger partial charge in [-0.25, -0.2) is 8.78 Å². The third-order valence-corrected chi connectivity index (χ3v) is 3.56. The number of anilines is 1. The first-order chi connectivity index (χ1) is 9.58. The molecule has 1 N–H and O–H groups in total. The van der Waals surface area contributed by atoms with Gasteiger partial charge in [0.15, 0.2) is 11.6 Å². The number of hydrogen-bond acceptors (Lipinski definition) is 3. The van der Waals surface area contributed by atoms with Gasteiger partial charge in [0, 0.05) is 20.1 Å². The number of carbonyl (C=O) groups excluding carboxylic acids is 1. The molecule has 1 aliphatic rings. The molecule has 1 fully saturated rings. The number of piperidine rings is 1. The van der Waals surface area contributed by atoms with Crippen LogP contribution < -0.4 is 10.2 Å². The van der Waals surface area contributed by atoms with Crippen LogP contribution >= 0.6 is 0 Å². The van der Waals surface area contributed by atoms with Crippen molar-refractivity contribution >= 4 is 11.6 Å². The van der Waals surface area contributed by atoms with E-state index in [1.165, 1.54) is 12.1 Å². The Morgan fingerprint density at radius 1 is 1.45 bits per heavy atom. The van der Waals surface area contributed by atoms with Gasteiger partial charge in [-0.3, -0.25) is 4.79 Å². The Hall–Kier alpha value is -2.16. The van der Waals surface area contributed by atoms with Gasteiger partial charge in [-0.2, -0.15) is 5.26 Å². The zero-order valence-electron chi connectivity index (χ0n) is 11.1. The summed E-state index contributed by atoms with van der Waals surface area (Å²) in [7, 11) is 1.56. The molecule has 1 aliphatic heterocycles. The fraction of sp³-hybridized carbons (Fsp3) is 0.429. The maximum Gasteiger partial charge on any atom is 0.224 e. The number of amides is 1. The topological polar surface area (TPSA) is 56.1 Å². The van der Waals surface area contributed by atoms with E-state index in [-0.39, 0.29) is 23.1 Å². The van der Waals surface area contributed by atoms with Crippen molar-refractivity contribution in [1.29, 1.82) is 5.26 Å². The predicted molar refractivity (Wildman–Crippen MR) is 70.1 cm³/mol. The molecular weight excluding hydrogens is 264 g/mol. The zero-order valence-corrected chi connectivity index (χ0v) is 11.1. The van der Waals surface area contributed by atoms with Crippen LogP contribution in [0.15, 0.2) is 12.1 Å². The molecule has 1 aromatic rings. The second kappa shape index (κ2) is 5.87. The summed E-state index contributed by atoms with van der Waals surface area (Å²) in [5, 5.41) is 11.2. The van der Waals surface area contributed by atoms with Crippen molar-refractivity contribution < 1.29 is 13.6 Å². The summed E-state index contributed by atoms with van der Waals surface area (Å²) >= 11 is 0. The number of benzene rings is 1. The highest BCUT2D eigenvalue weighted by atomic mass is 19.2. The lowest BCUT2D eigenvalue weighted by Gasteiger charge is -2.33. The smallest absolute Gasteiger partial charge is 0.224 e. The van der Waals surface area contributed by atoms with Gasteiger partial charge in [-0.15, -0.1) is 0 Å². The summed E-state index contributed by atoms with van der Waals surface area (Å²) < 4.78 is 27.6.